The first kappa shape index (κ1) is 25.6. The van der Waals surface area contributed by atoms with Crippen LogP contribution in [0.25, 0.3) is 22.5 Å². The molecule has 6 rings (SSSR count). The molecule has 2 N–H and O–H groups in total. The summed E-state index contributed by atoms with van der Waals surface area (Å²) in [5.41, 5.74) is 2.93. The largest absolute Gasteiger partial charge is 0.416 e. The van der Waals surface area contributed by atoms with Crippen molar-refractivity contribution in [2.75, 3.05) is 17.2 Å². The highest BCUT2D eigenvalue weighted by atomic mass is 32.1. The van der Waals surface area contributed by atoms with Gasteiger partial charge in [-0.05, 0) is 55.3 Å². The molecule has 0 bridgehead atoms. The zero-order chi connectivity index (χ0) is 28.0. The number of hydrogen-bond donors (Lipinski definition) is 2. The van der Waals surface area contributed by atoms with Gasteiger partial charge >= 0.3 is 6.18 Å². The maximum Gasteiger partial charge on any atom is 0.416 e. The summed E-state index contributed by atoms with van der Waals surface area (Å²) in [5, 5.41) is 6.68. The number of nitrogens with zero attached hydrogens (tertiary/aromatic N) is 6. The number of hydrogen-bond acceptors (Lipinski definition) is 8. The van der Waals surface area contributed by atoms with Crippen LogP contribution in [0.3, 0.4) is 0 Å². The van der Waals surface area contributed by atoms with E-state index in [2.05, 4.69) is 35.1 Å². The predicted octanol–water partition coefficient (Wildman–Crippen LogP) is 5.45. The Labute approximate surface area is 229 Å². The van der Waals surface area contributed by atoms with E-state index in [0.717, 1.165) is 57.1 Å². The summed E-state index contributed by atoms with van der Waals surface area (Å²) >= 11 is 1.46. The van der Waals surface area contributed by atoms with Gasteiger partial charge in [-0.3, -0.25) is 9.78 Å². The number of aromatic nitrogens is 5. The fourth-order valence-electron chi connectivity index (χ4n) is 4.52. The molecule has 3 aromatic rings. The molecule has 202 valence electrons. The monoisotopic (exact) mass is 562 g/mol. The summed E-state index contributed by atoms with van der Waals surface area (Å²) < 4.78 is 41.4. The van der Waals surface area contributed by atoms with Gasteiger partial charge in [0, 0.05) is 53.4 Å². The fourth-order valence-corrected chi connectivity index (χ4v) is 5.14. The number of halogens is 3. The SMILES string of the molecule is Cc1cnc(N=c2ncc3cc(-c4cc(NC(=O)c5cc(C(F)(F)F)ccn5)ccc4C)c4n(c-3n2)CCN4)s1. The molecule has 9 nitrogen and oxygen atoms in total. The number of pyridine rings is 2. The van der Waals surface area contributed by atoms with Crippen molar-refractivity contribution in [1.29, 1.82) is 0 Å². The number of thiazole rings is 1. The smallest absolute Gasteiger partial charge is 0.369 e. The number of carbonyl (C=O) groups excluding carboxylic acids is 1. The number of anilines is 2. The van der Waals surface area contributed by atoms with Gasteiger partial charge in [0.05, 0.1) is 5.56 Å². The third-order valence-corrected chi connectivity index (χ3v) is 7.21. The van der Waals surface area contributed by atoms with E-state index in [9.17, 15) is 18.0 Å². The Morgan fingerprint density at radius 3 is 2.70 bits per heavy atom. The number of rotatable bonds is 4. The first-order chi connectivity index (χ1) is 19.2. The normalized spacial score (nSPS) is 13.4. The summed E-state index contributed by atoms with van der Waals surface area (Å²) in [6.07, 6.45) is -0.133. The third-order valence-electron chi connectivity index (χ3n) is 6.40. The van der Waals surface area contributed by atoms with Crippen LogP contribution in [0.2, 0.25) is 0 Å². The molecular formula is C27H21F3N8OS. The summed E-state index contributed by atoms with van der Waals surface area (Å²) in [5.74, 6) is 0.842. The zero-order valence-electron chi connectivity index (χ0n) is 21.2. The zero-order valence-corrected chi connectivity index (χ0v) is 22.1. The minimum Gasteiger partial charge on any atom is -0.369 e. The van der Waals surface area contributed by atoms with Crippen LogP contribution < -0.4 is 16.3 Å². The lowest BCUT2D eigenvalue weighted by atomic mass is 9.98. The van der Waals surface area contributed by atoms with Crippen molar-refractivity contribution in [2.24, 2.45) is 4.99 Å². The molecule has 0 radical (unpaired) electrons. The quantitative estimate of drug-likeness (QED) is 0.302. The van der Waals surface area contributed by atoms with Crippen LogP contribution in [0.5, 0.6) is 0 Å². The number of fused-ring (bicyclic) bond motifs is 3. The first-order valence-electron chi connectivity index (χ1n) is 12.2. The van der Waals surface area contributed by atoms with Crippen molar-refractivity contribution >= 4 is 33.9 Å². The molecule has 3 aliphatic heterocycles. The van der Waals surface area contributed by atoms with Gasteiger partial charge in [-0.15, -0.1) is 11.3 Å². The Morgan fingerprint density at radius 2 is 1.93 bits per heavy atom. The summed E-state index contributed by atoms with van der Waals surface area (Å²) in [4.78, 5) is 35.5. The van der Waals surface area contributed by atoms with Crippen LogP contribution in [-0.4, -0.2) is 37.0 Å². The summed E-state index contributed by atoms with van der Waals surface area (Å²) in [6, 6.07) is 8.86. The second-order valence-electron chi connectivity index (χ2n) is 9.21. The standard InChI is InChI=1S/C27H21F3N8OS/c1-14-3-4-18(35-24(39)21-10-17(5-6-31-21)27(28,29)30)11-19(14)20-9-16-13-33-25(37-26-34-12-15(2)40-26)36-22(16)38-8-7-32-23(20)38/h3-6,9-13,32H,7-8H2,1-2H3,(H,35,39). The van der Waals surface area contributed by atoms with Crippen molar-refractivity contribution in [1.82, 2.24) is 24.5 Å². The van der Waals surface area contributed by atoms with Crippen molar-refractivity contribution < 1.29 is 18.0 Å². The molecule has 0 aliphatic carbocycles. The molecular weight excluding hydrogens is 541 g/mol. The van der Waals surface area contributed by atoms with E-state index in [4.69, 9.17) is 4.98 Å². The Bertz CT molecular complexity index is 1810. The van der Waals surface area contributed by atoms with Gasteiger partial charge < -0.3 is 15.2 Å². The van der Waals surface area contributed by atoms with Gasteiger partial charge in [-0.1, -0.05) is 6.07 Å². The average Bonchev–Trinajstić information content (AvgIpc) is 3.58. The summed E-state index contributed by atoms with van der Waals surface area (Å²) in [7, 11) is 0. The molecule has 1 aromatic carbocycles. The first-order valence-corrected chi connectivity index (χ1v) is 13.0. The van der Waals surface area contributed by atoms with Gasteiger partial charge in [-0.25, -0.2) is 9.97 Å². The lowest BCUT2D eigenvalue weighted by Gasteiger charge is -2.19. The molecule has 0 saturated carbocycles. The molecule has 0 saturated heterocycles. The number of nitrogens with one attached hydrogen (secondary N) is 2. The van der Waals surface area contributed by atoms with E-state index in [0.29, 0.717) is 29.5 Å². The minimum atomic E-state index is -4.57. The maximum atomic E-state index is 13.1. The Balaban J connectivity index is 1.37. The lowest BCUT2D eigenvalue weighted by molar-refractivity contribution is -0.137. The molecule has 2 aromatic heterocycles. The molecule has 0 atom stereocenters. The van der Waals surface area contributed by atoms with Gasteiger partial charge in [0.15, 0.2) is 0 Å². The number of amides is 1. The Kier molecular flexibility index (Phi) is 6.29. The molecule has 40 heavy (non-hydrogen) atoms. The molecule has 0 unspecified atom stereocenters. The highest BCUT2D eigenvalue weighted by Gasteiger charge is 2.31. The number of benzene rings is 1. The van der Waals surface area contributed by atoms with Gasteiger partial charge in [-0.2, -0.15) is 23.1 Å². The molecule has 13 heteroatoms. The minimum absolute atomic E-state index is 0.320. The van der Waals surface area contributed by atoms with E-state index in [1.165, 1.54) is 11.3 Å². The number of aryl methyl sites for hydroxylation is 2. The van der Waals surface area contributed by atoms with Crippen LogP contribution in [-0.2, 0) is 12.7 Å². The molecule has 0 spiro atoms. The fraction of sp³-hybridized carbons (Fsp3) is 0.185. The topological polar surface area (TPSA) is 110 Å². The van der Waals surface area contributed by atoms with Crippen LogP contribution in [0.15, 0.2) is 60.0 Å². The van der Waals surface area contributed by atoms with Gasteiger partial charge in [0.2, 0.25) is 5.13 Å². The van der Waals surface area contributed by atoms with E-state index < -0.39 is 17.6 Å². The van der Waals surface area contributed by atoms with Crippen LogP contribution in [0.4, 0.5) is 29.8 Å². The average molecular weight is 563 g/mol. The van der Waals surface area contributed by atoms with E-state index in [-0.39, 0.29) is 5.69 Å². The molecule has 1 amide bonds. The number of carbonyl (C=O) groups is 1. The van der Waals surface area contributed by atoms with Crippen molar-refractivity contribution in [3.05, 3.63) is 82.3 Å². The van der Waals surface area contributed by atoms with Crippen molar-refractivity contribution in [3.8, 4) is 22.5 Å². The highest BCUT2D eigenvalue weighted by molar-refractivity contribution is 7.15. The molecule has 3 aliphatic rings. The Morgan fingerprint density at radius 1 is 1.07 bits per heavy atom. The van der Waals surface area contributed by atoms with Crippen LogP contribution in [0.1, 0.15) is 26.5 Å². The molecule has 5 heterocycles. The maximum absolute atomic E-state index is 13.1. The van der Waals surface area contributed by atoms with Crippen molar-refractivity contribution in [3.63, 3.8) is 0 Å². The van der Waals surface area contributed by atoms with E-state index in [1.807, 2.05) is 26.0 Å². The van der Waals surface area contributed by atoms with Crippen molar-refractivity contribution in [2.45, 2.75) is 26.6 Å². The van der Waals surface area contributed by atoms with E-state index in [1.54, 1.807) is 24.5 Å². The second-order valence-corrected chi connectivity index (χ2v) is 10.4. The predicted molar refractivity (Wildman–Crippen MR) is 145 cm³/mol. The summed E-state index contributed by atoms with van der Waals surface area (Å²) in [6.45, 7) is 5.28. The third kappa shape index (κ3) is 4.91. The van der Waals surface area contributed by atoms with Crippen LogP contribution >= 0.6 is 11.3 Å². The Hall–Kier alpha value is -4.65. The highest BCUT2D eigenvalue weighted by Crippen LogP contribution is 2.39. The molecule has 0 fully saturated rings. The van der Waals surface area contributed by atoms with E-state index >= 15 is 0 Å². The second kappa shape index (κ2) is 9.83. The lowest BCUT2D eigenvalue weighted by Crippen LogP contribution is -2.17. The van der Waals surface area contributed by atoms with Gasteiger partial charge in [0.25, 0.3) is 11.5 Å². The van der Waals surface area contributed by atoms with Gasteiger partial charge in [0.1, 0.15) is 17.3 Å². The number of alkyl halides is 3. The van der Waals surface area contributed by atoms with Crippen LogP contribution in [0, 0.1) is 13.8 Å².